The lowest BCUT2D eigenvalue weighted by atomic mass is 10.1. The first-order chi connectivity index (χ1) is 11.2. The molecule has 1 fully saturated rings. The average molecular weight is 334 g/mol. The van der Waals surface area contributed by atoms with Gasteiger partial charge in [0.15, 0.2) is 0 Å². The number of hydrogen-bond donors (Lipinski definition) is 1. The molecule has 0 aliphatic carbocycles. The van der Waals surface area contributed by atoms with Gasteiger partial charge in [0.05, 0.1) is 13.2 Å². The fourth-order valence-corrected chi connectivity index (χ4v) is 2.58. The summed E-state index contributed by atoms with van der Waals surface area (Å²) in [5.74, 6) is -0.266. The van der Waals surface area contributed by atoms with Crippen molar-refractivity contribution in [3.63, 3.8) is 0 Å². The molecule has 0 bridgehead atoms. The van der Waals surface area contributed by atoms with Gasteiger partial charge in [-0.2, -0.15) is 0 Å². The van der Waals surface area contributed by atoms with E-state index in [1.54, 1.807) is 20.8 Å². The Balaban J connectivity index is 2.15. The van der Waals surface area contributed by atoms with Crippen molar-refractivity contribution in [3.05, 3.63) is 29.3 Å². The third-order valence-electron chi connectivity index (χ3n) is 3.79. The Bertz CT molecular complexity index is 602. The maximum absolute atomic E-state index is 12.7. The first-order valence-corrected chi connectivity index (χ1v) is 8.13. The smallest absolute Gasteiger partial charge is 0.411 e. The fourth-order valence-electron chi connectivity index (χ4n) is 2.58. The Morgan fingerprint density at radius 3 is 2.46 bits per heavy atom. The summed E-state index contributed by atoms with van der Waals surface area (Å²) < 4.78 is 10.8. The number of carbonyl (C=O) groups excluding carboxylic acids is 2. The zero-order valence-electron chi connectivity index (χ0n) is 15.0. The van der Waals surface area contributed by atoms with E-state index in [0.29, 0.717) is 13.2 Å². The maximum Gasteiger partial charge on any atom is 0.411 e. The minimum Gasteiger partial charge on any atom is -0.444 e. The molecule has 1 aromatic carbocycles. The van der Waals surface area contributed by atoms with Crippen molar-refractivity contribution in [2.45, 2.75) is 46.3 Å². The molecular formula is C18H26N2O4. The van der Waals surface area contributed by atoms with Crippen molar-refractivity contribution in [3.8, 4) is 0 Å². The van der Waals surface area contributed by atoms with E-state index in [9.17, 15) is 9.59 Å². The van der Waals surface area contributed by atoms with Crippen LogP contribution < -0.4 is 5.32 Å². The lowest BCUT2D eigenvalue weighted by Gasteiger charge is -2.35. The van der Waals surface area contributed by atoms with Gasteiger partial charge < -0.3 is 14.8 Å². The Morgan fingerprint density at radius 1 is 1.25 bits per heavy atom. The number of rotatable bonds is 2. The van der Waals surface area contributed by atoms with Gasteiger partial charge in [-0.05, 0) is 45.7 Å². The highest BCUT2D eigenvalue weighted by Gasteiger charge is 2.35. The van der Waals surface area contributed by atoms with Crippen LogP contribution in [0.1, 0.15) is 31.9 Å². The molecule has 1 N–H and O–H groups in total. The SMILES string of the molecule is Cc1cccc(C)c1NC(=O)C1COCCN1C(=O)OC(C)(C)C. The van der Waals surface area contributed by atoms with E-state index in [2.05, 4.69) is 5.32 Å². The largest absolute Gasteiger partial charge is 0.444 e. The van der Waals surface area contributed by atoms with Crippen LogP contribution in [0.25, 0.3) is 0 Å². The number of carbonyl (C=O) groups is 2. The van der Waals surface area contributed by atoms with Gasteiger partial charge in [-0.25, -0.2) is 4.79 Å². The number of benzene rings is 1. The van der Waals surface area contributed by atoms with Gasteiger partial charge in [-0.3, -0.25) is 9.69 Å². The van der Waals surface area contributed by atoms with Crippen LogP contribution in [0.15, 0.2) is 18.2 Å². The van der Waals surface area contributed by atoms with Crippen LogP contribution in [-0.4, -0.2) is 48.3 Å². The van der Waals surface area contributed by atoms with E-state index in [0.717, 1.165) is 16.8 Å². The second kappa shape index (κ2) is 7.21. The van der Waals surface area contributed by atoms with Crippen molar-refractivity contribution in [2.75, 3.05) is 25.1 Å². The number of aryl methyl sites for hydroxylation is 2. The summed E-state index contributed by atoms with van der Waals surface area (Å²) in [6.07, 6.45) is -0.493. The average Bonchev–Trinajstić information content (AvgIpc) is 2.49. The lowest BCUT2D eigenvalue weighted by molar-refractivity contribution is -0.127. The molecule has 2 rings (SSSR count). The van der Waals surface area contributed by atoms with Crippen LogP contribution in [0.3, 0.4) is 0 Å². The molecule has 1 aliphatic rings. The predicted molar refractivity (Wildman–Crippen MR) is 92.1 cm³/mol. The van der Waals surface area contributed by atoms with Crippen molar-refractivity contribution in [1.82, 2.24) is 4.90 Å². The molecule has 24 heavy (non-hydrogen) atoms. The molecule has 1 saturated heterocycles. The zero-order valence-corrected chi connectivity index (χ0v) is 15.0. The highest BCUT2D eigenvalue weighted by molar-refractivity contribution is 5.98. The fraction of sp³-hybridized carbons (Fsp3) is 0.556. The standard InChI is InChI=1S/C18H26N2O4/c1-12-7-6-8-13(2)15(12)19-16(21)14-11-23-10-9-20(14)17(22)24-18(3,4)5/h6-8,14H,9-11H2,1-5H3,(H,19,21). The van der Waals surface area contributed by atoms with Gasteiger partial charge in [0, 0.05) is 12.2 Å². The number of amides is 2. The topological polar surface area (TPSA) is 67.9 Å². The van der Waals surface area contributed by atoms with Crippen molar-refractivity contribution >= 4 is 17.7 Å². The molecule has 1 aliphatic heterocycles. The molecule has 132 valence electrons. The molecular weight excluding hydrogens is 308 g/mol. The Morgan fingerprint density at radius 2 is 1.88 bits per heavy atom. The van der Waals surface area contributed by atoms with Crippen LogP contribution in [0.5, 0.6) is 0 Å². The highest BCUT2D eigenvalue weighted by atomic mass is 16.6. The summed E-state index contributed by atoms with van der Waals surface area (Å²) in [5.41, 5.74) is 2.12. The third-order valence-corrected chi connectivity index (χ3v) is 3.79. The number of para-hydroxylation sites is 1. The van der Waals surface area contributed by atoms with Gasteiger partial charge in [0.25, 0.3) is 0 Å². The molecule has 6 nitrogen and oxygen atoms in total. The van der Waals surface area contributed by atoms with Crippen LogP contribution >= 0.6 is 0 Å². The maximum atomic E-state index is 12.7. The van der Waals surface area contributed by atoms with Crippen LogP contribution in [0.2, 0.25) is 0 Å². The van der Waals surface area contributed by atoms with E-state index in [4.69, 9.17) is 9.47 Å². The molecule has 1 heterocycles. The summed E-state index contributed by atoms with van der Waals surface area (Å²) in [4.78, 5) is 26.5. The minimum atomic E-state index is -0.701. The van der Waals surface area contributed by atoms with E-state index in [1.807, 2.05) is 32.0 Å². The molecule has 1 unspecified atom stereocenters. The van der Waals surface area contributed by atoms with Crippen LogP contribution in [-0.2, 0) is 14.3 Å². The first kappa shape index (κ1) is 18.3. The summed E-state index contributed by atoms with van der Waals surface area (Å²) >= 11 is 0. The van der Waals surface area contributed by atoms with Gasteiger partial charge >= 0.3 is 6.09 Å². The quantitative estimate of drug-likeness (QED) is 0.903. The monoisotopic (exact) mass is 334 g/mol. The van der Waals surface area contributed by atoms with E-state index >= 15 is 0 Å². The first-order valence-electron chi connectivity index (χ1n) is 8.13. The van der Waals surface area contributed by atoms with Gasteiger partial charge in [-0.1, -0.05) is 18.2 Å². The van der Waals surface area contributed by atoms with Crippen molar-refractivity contribution in [2.24, 2.45) is 0 Å². The Kier molecular flexibility index (Phi) is 5.49. The van der Waals surface area contributed by atoms with Gasteiger partial charge in [0.2, 0.25) is 5.91 Å². The van der Waals surface area contributed by atoms with Crippen molar-refractivity contribution in [1.29, 1.82) is 0 Å². The van der Waals surface area contributed by atoms with E-state index in [1.165, 1.54) is 4.90 Å². The second-order valence-corrected chi connectivity index (χ2v) is 7.02. The molecule has 0 radical (unpaired) electrons. The Labute approximate surface area is 143 Å². The van der Waals surface area contributed by atoms with Gasteiger partial charge in [0.1, 0.15) is 11.6 Å². The number of anilines is 1. The normalized spacial score (nSPS) is 18.2. The summed E-state index contributed by atoms with van der Waals surface area (Å²) in [6.45, 7) is 10.2. The number of nitrogens with zero attached hydrogens (tertiary/aromatic N) is 1. The van der Waals surface area contributed by atoms with Crippen LogP contribution in [0, 0.1) is 13.8 Å². The Hall–Kier alpha value is -2.08. The minimum absolute atomic E-state index is 0.163. The predicted octanol–water partition coefficient (Wildman–Crippen LogP) is 2.88. The number of morpholine rings is 1. The molecule has 2 amide bonds. The van der Waals surface area contributed by atoms with Crippen LogP contribution in [0.4, 0.5) is 10.5 Å². The van der Waals surface area contributed by atoms with E-state index in [-0.39, 0.29) is 12.5 Å². The summed E-state index contributed by atoms with van der Waals surface area (Å²) in [5, 5.41) is 2.93. The van der Waals surface area contributed by atoms with E-state index < -0.39 is 17.7 Å². The highest BCUT2D eigenvalue weighted by Crippen LogP contribution is 2.21. The van der Waals surface area contributed by atoms with Gasteiger partial charge in [-0.15, -0.1) is 0 Å². The van der Waals surface area contributed by atoms with Crippen molar-refractivity contribution < 1.29 is 19.1 Å². The second-order valence-electron chi connectivity index (χ2n) is 7.02. The number of nitrogens with one attached hydrogen (secondary N) is 1. The lowest BCUT2D eigenvalue weighted by Crippen LogP contribution is -2.55. The summed E-state index contributed by atoms with van der Waals surface area (Å²) in [6, 6.07) is 5.11. The zero-order chi connectivity index (χ0) is 17.9. The molecule has 0 aromatic heterocycles. The molecule has 6 heteroatoms. The number of ether oxygens (including phenoxy) is 2. The summed E-state index contributed by atoms with van der Waals surface area (Å²) in [7, 11) is 0. The molecule has 0 saturated carbocycles. The molecule has 0 spiro atoms. The third kappa shape index (κ3) is 4.47. The molecule has 1 atom stereocenters. The molecule has 1 aromatic rings. The number of hydrogen-bond acceptors (Lipinski definition) is 4.